The van der Waals surface area contributed by atoms with Crippen LogP contribution < -0.4 is 0 Å². The van der Waals surface area contributed by atoms with Crippen molar-refractivity contribution in [2.24, 2.45) is 0 Å². The van der Waals surface area contributed by atoms with Gasteiger partial charge in [-0.05, 0) is 0 Å². The van der Waals surface area contributed by atoms with Crippen molar-refractivity contribution in [1.29, 1.82) is 0 Å². The zero-order valence-electron chi connectivity index (χ0n) is 4.81. The maximum Gasteiger partial charge on any atom is 0.188 e. The molecular weight excluding hydrogens is 142 g/mol. The van der Waals surface area contributed by atoms with Gasteiger partial charge in [-0.25, -0.2) is 8.78 Å². The van der Waals surface area contributed by atoms with Crippen LogP contribution >= 0.6 is 0 Å². The molecule has 0 aliphatic carbocycles. The molecule has 0 bridgehead atoms. The van der Waals surface area contributed by atoms with Crippen LogP contribution in [-0.4, -0.2) is 10.2 Å². The van der Waals surface area contributed by atoms with E-state index in [1.54, 1.807) is 0 Å². The summed E-state index contributed by atoms with van der Waals surface area (Å²) in [6, 6.07) is 1.25. The average Bonchev–Trinajstić information content (AvgIpc) is 1.82. The molecule has 0 aliphatic rings. The number of rotatable bonds is 0. The summed E-state index contributed by atoms with van der Waals surface area (Å²) >= 11 is 0. The highest BCUT2D eigenvalue weighted by Gasteiger charge is 2.07. The molecule has 0 fully saturated rings. The Kier molecular flexibility index (Phi) is 1.45. The molecule has 1 aromatic rings. The normalized spacial score (nSPS) is 9.80. The van der Waals surface area contributed by atoms with Crippen molar-refractivity contribution in [3.05, 3.63) is 23.8 Å². The molecule has 0 heterocycles. The Balaban J connectivity index is 3.31. The first-order valence-electron chi connectivity index (χ1n) is 2.48. The molecule has 0 aromatic heterocycles. The second-order valence-corrected chi connectivity index (χ2v) is 1.76. The highest BCUT2D eigenvalue weighted by Crippen LogP contribution is 2.24. The van der Waals surface area contributed by atoms with Gasteiger partial charge in [0.25, 0.3) is 0 Å². The van der Waals surface area contributed by atoms with Gasteiger partial charge >= 0.3 is 0 Å². The van der Waals surface area contributed by atoms with Crippen molar-refractivity contribution in [2.75, 3.05) is 0 Å². The standard InChI is InChI=1S/C6H4F2O2/c7-4-1-3(9)2-5(8)6(4)10/h1-2,9-10H. The van der Waals surface area contributed by atoms with Crippen molar-refractivity contribution in [2.45, 2.75) is 0 Å². The Morgan fingerprint density at radius 1 is 1.00 bits per heavy atom. The Hall–Kier alpha value is -1.32. The van der Waals surface area contributed by atoms with Crippen LogP contribution in [0, 0.1) is 11.6 Å². The van der Waals surface area contributed by atoms with Gasteiger partial charge in [0.15, 0.2) is 17.4 Å². The van der Waals surface area contributed by atoms with Gasteiger partial charge in [0.1, 0.15) is 5.75 Å². The molecule has 0 atom stereocenters. The van der Waals surface area contributed by atoms with E-state index in [0.29, 0.717) is 12.1 Å². The minimum atomic E-state index is -1.17. The van der Waals surface area contributed by atoms with E-state index in [4.69, 9.17) is 10.2 Å². The van der Waals surface area contributed by atoms with Gasteiger partial charge < -0.3 is 10.2 Å². The molecule has 0 unspecified atom stereocenters. The molecule has 4 heteroatoms. The van der Waals surface area contributed by atoms with E-state index in [0.717, 1.165) is 0 Å². The lowest BCUT2D eigenvalue weighted by Crippen LogP contribution is -1.80. The number of aromatic hydroxyl groups is 2. The van der Waals surface area contributed by atoms with Crippen LogP contribution in [0.2, 0.25) is 0 Å². The molecule has 1 rings (SSSR count). The van der Waals surface area contributed by atoms with E-state index in [2.05, 4.69) is 0 Å². The van der Waals surface area contributed by atoms with Crippen molar-refractivity contribution in [3.63, 3.8) is 0 Å². The molecule has 2 N–H and O–H groups in total. The second-order valence-electron chi connectivity index (χ2n) is 1.76. The van der Waals surface area contributed by atoms with E-state index in [1.807, 2.05) is 0 Å². The first kappa shape index (κ1) is 6.80. The lowest BCUT2D eigenvalue weighted by molar-refractivity contribution is 0.386. The summed E-state index contributed by atoms with van der Waals surface area (Å²) in [6.45, 7) is 0. The van der Waals surface area contributed by atoms with E-state index in [-0.39, 0.29) is 0 Å². The maximum atomic E-state index is 12.2. The summed E-state index contributed by atoms with van der Waals surface area (Å²) in [7, 11) is 0. The average molecular weight is 146 g/mol. The second kappa shape index (κ2) is 2.13. The SMILES string of the molecule is Oc1cc(F)c(O)c(F)c1. The number of phenolic OH excluding ortho intramolecular Hbond substituents is 2. The van der Waals surface area contributed by atoms with Crippen molar-refractivity contribution in [1.82, 2.24) is 0 Å². The minimum absolute atomic E-state index is 0.548. The fourth-order valence-corrected chi connectivity index (χ4v) is 0.552. The summed E-state index contributed by atoms with van der Waals surface area (Å²) in [4.78, 5) is 0. The number of halogens is 2. The minimum Gasteiger partial charge on any atom is -0.508 e. The summed E-state index contributed by atoms with van der Waals surface area (Å²) in [5.41, 5.74) is 0. The first-order chi connectivity index (χ1) is 4.61. The zero-order valence-corrected chi connectivity index (χ0v) is 4.81. The third-order valence-electron chi connectivity index (χ3n) is 1.00. The van der Waals surface area contributed by atoms with Crippen molar-refractivity contribution >= 4 is 0 Å². The lowest BCUT2D eigenvalue weighted by Gasteiger charge is -1.96. The summed E-state index contributed by atoms with van der Waals surface area (Å²) < 4.78 is 24.4. The Morgan fingerprint density at radius 3 is 1.80 bits per heavy atom. The highest BCUT2D eigenvalue weighted by atomic mass is 19.1. The molecule has 0 spiro atoms. The third-order valence-corrected chi connectivity index (χ3v) is 1.00. The number of benzene rings is 1. The maximum absolute atomic E-state index is 12.2. The van der Waals surface area contributed by atoms with Crippen LogP contribution in [0.25, 0.3) is 0 Å². The number of hydrogen-bond donors (Lipinski definition) is 2. The summed E-state index contributed by atoms with van der Waals surface area (Å²) in [5.74, 6) is -3.96. The molecule has 0 aliphatic heterocycles. The van der Waals surface area contributed by atoms with Crippen LogP contribution in [-0.2, 0) is 0 Å². The molecule has 1 aromatic carbocycles. The molecule has 2 nitrogen and oxygen atoms in total. The van der Waals surface area contributed by atoms with E-state index >= 15 is 0 Å². The van der Waals surface area contributed by atoms with Gasteiger partial charge in [0, 0.05) is 12.1 Å². The Labute approximate surface area is 55.4 Å². The van der Waals surface area contributed by atoms with E-state index in [9.17, 15) is 8.78 Å². The molecule has 0 saturated heterocycles. The molecule has 0 radical (unpaired) electrons. The molecular formula is C6H4F2O2. The smallest absolute Gasteiger partial charge is 0.188 e. The third kappa shape index (κ3) is 1.00. The van der Waals surface area contributed by atoms with Crippen LogP contribution in [0.4, 0.5) is 8.78 Å². The van der Waals surface area contributed by atoms with E-state index < -0.39 is 23.1 Å². The predicted molar refractivity (Wildman–Crippen MR) is 29.7 cm³/mol. The zero-order chi connectivity index (χ0) is 7.72. The molecule has 0 saturated carbocycles. The number of hydrogen-bond acceptors (Lipinski definition) is 2. The van der Waals surface area contributed by atoms with Gasteiger partial charge in [0.05, 0.1) is 0 Å². The quantitative estimate of drug-likeness (QED) is 0.543. The van der Waals surface area contributed by atoms with E-state index in [1.165, 1.54) is 0 Å². The van der Waals surface area contributed by atoms with Gasteiger partial charge in [-0.3, -0.25) is 0 Å². The van der Waals surface area contributed by atoms with Crippen LogP contribution in [0.5, 0.6) is 11.5 Å². The van der Waals surface area contributed by atoms with Crippen LogP contribution in [0.15, 0.2) is 12.1 Å². The van der Waals surface area contributed by atoms with Gasteiger partial charge in [-0.2, -0.15) is 0 Å². The molecule has 10 heavy (non-hydrogen) atoms. The fraction of sp³-hybridized carbons (Fsp3) is 0. The fourth-order valence-electron chi connectivity index (χ4n) is 0.552. The topological polar surface area (TPSA) is 40.5 Å². The largest absolute Gasteiger partial charge is 0.508 e. The van der Waals surface area contributed by atoms with Crippen LogP contribution in [0.1, 0.15) is 0 Å². The number of phenols is 2. The monoisotopic (exact) mass is 146 g/mol. The van der Waals surface area contributed by atoms with Crippen molar-refractivity contribution < 1.29 is 19.0 Å². The lowest BCUT2D eigenvalue weighted by atomic mass is 10.3. The summed E-state index contributed by atoms with van der Waals surface area (Å²) in [6.07, 6.45) is 0. The van der Waals surface area contributed by atoms with Crippen molar-refractivity contribution in [3.8, 4) is 11.5 Å². The Morgan fingerprint density at radius 2 is 1.40 bits per heavy atom. The van der Waals surface area contributed by atoms with Gasteiger partial charge in [0.2, 0.25) is 0 Å². The van der Waals surface area contributed by atoms with Gasteiger partial charge in [-0.15, -0.1) is 0 Å². The molecule has 0 amide bonds. The van der Waals surface area contributed by atoms with Gasteiger partial charge in [-0.1, -0.05) is 0 Å². The highest BCUT2D eigenvalue weighted by molar-refractivity contribution is 5.32. The summed E-state index contributed by atoms with van der Waals surface area (Å²) in [5, 5.41) is 17.0. The molecule has 54 valence electrons. The predicted octanol–water partition coefficient (Wildman–Crippen LogP) is 1.38. The first-order valence-corrected chi connectivity index (χ1v) is 2.48. The Bertz CT molecular complexity index is 237. The van der Waals surface area contributed by atoms with Crippen LogP contribution in [0.3, 0.4) is 0 Å².